The summed E-state index contributed by atoms with van der Waals surface area (Å²) in [5.74, 6) is -0.0441. The molecule has 1 N–H and O–H groups in total. The molecule has 1 atom stereocenters. The van der Waals surface area contributed by atoms with Crippen molar-refractivity contribution in [2.75, 3.05) is 37.6 Å². The Morgan fingerprint density at radius 1 is 1.04 bits per heavy atom. The van der Waals surface area contributed by atoms with Crippen molar-refractivity contribution in [3.8, 4) is 0 Å². The SMILES string of the molecule is CC(NCCC(=O)N1CCN(c2ccccc2F)CC1)c1ccccc1. The number of benzene rings is 2. The minimum absolute atomic E-state index is 0.158. The van der Waals surface area contributed by atoms with Crippen LogP contribution in [0.3, 0.4) is 0 Å². The van der Waals surface area contributed by atoms with Crippen LogP contribution in [0.4, 0.5) is 10.1 Å². The van der Waals surface area contributed by atoms with Gasteiger partial charge in [0, 0.05) is 45.2 Å². The van der Waals surface area contributed by atoms with Crippen molar-refractivity contribution in [1.29, 1.82) is 0 Å². The summed E-state index contributed by atoms with van der Waals surface area (Å²) in [5, 5.41) is 3.40. The molecule has 5 heteroatoms. The van der Waals surface area contributed by atoms with Gasteiger partial charge in [0.15, 0.2) is 0 Å². The molecular weight excluding hydrogens is 329 g/mol. The smallest absolute Gasteiger partial charge is 0.223 e. The Morgan fingerprint density at radius 3 is 2.38 bits per heavy atom. The van der Waals surface area contributed by atoms with Crippen LogP contribution < -0.4 is 10.2 Å². The van der Waals surface area contributed by atoms with Gasteiger partial charge in [-0.3, -0.25) is 4.79 Å². The minimum atomic E-state index is -0.202. The highest BCUT2D eigenvalue weighted by atomic mass is 19.1. The molecule has 1 unspecified atom stereocenters. The molecule has 0 aromatic heterocycles. The zero-order valence-corrected chi connectivity index (χ0v) is 15.2. The Labute approximate surface area is 154 Å². The maximum Gasteiger partial charge on any atom is 0.223 e. The molecule has 2 aromatic carbocycles. The lowest BCUT2D eigenvalue weighted by Gasteiger charge is -2.36. The van der Waals surface area contributed by atoms with E-state index in [2.05, 4.69) is 24.4 Å². The number of hydrogen-bond acceptors (Lipinski definition) is 3. The van der Waals surface area contributed by atoms with Crippen LogP contribution in [0.15, 0.2) is 54.6 Å². The molecule has 4 nitrogen and oxygen atoms in total. The molecule has 0 saturated carbocycles. The van der Waals surface area contributed by atoms with Crippen LogP contribution in [-0.4, -0.2) is 43.5 Å². The number of carbonyl (C=O) groups is 1. The highest BCUT2D eigenvalue weighted by molar-refractivity contribution is 5.76. The van der Waals surface area contributed by atoms with Gasteiger partial charge in [-0.2, -0.15) is 0 Å². The van der Waals surface area contributed by atoms with E-state index in [1.807, 2.05) is 34.1 Å². The van der Waals surface area contributed by atoms with E-state index in [0.717, 1.165) is 0 Å². The van der Waals surface area contributed by atoms with Crippen molar-refractivity contribution in [2.24, 2.45) is 0 Å². The van der Waals surface area contributed by atoms with Gasteiger partial charge in [-0.25, -0.2) is 4.39 Å². The van der Waals surface area contributed by atoms with E-state index in [4.69, 9.17) is 0 Å². The second kappa shape index (κ2) is 8.81. The Bertz CT molecular complexity index is 714. The molecule has 1 fully saturated rings. The molecule has 0 aliphatic carbocycles. The summed E-state index contributed by atoms with van der Waals surface area (Å²) in [7, 11) is 0. The van der Waals surface area contributed by atoms with Gasteiger partial charge in [0.1, 0.15) is 5.82 Å². The van der Waals surface area contributed by atoms with E-state index < -0.39 is 0 Å². The number of carbonyl (C=O) groups excluding carboxylic acids is 1. The highest BCUT2D eigenvalue weighted by Gasteiger charge is 2.22. The minimum Gasteiger partial charge on any atom is -0.366 e. The van der Waals surface area contributed by atoms with Gasteiger partial charge in [0.05, 0.1) is 5.69 Å². The van der Waals surface area contributed by atoms with Gasteiger partial charge in [-0.1, -0.05) is 42.5 Å². The van der Waals surface area contributed by atoms with Crippen LogP contribution in [0, 0.1) is 5.82 Å². The fourth-order valence-corrected chi connectivity index (χ4v) is 3.32. The summed E-state index contributed by atoms with van der Waals surface area (Å²) < 4.78 is 13.9. The number of nitrogens with one attached hydrogen (secondary N) is 1. The number of halogens is 1. The molecule has 1 amide bonds. The van der Waals surface area contributed by atoms with E-state index in [0.29, 0.717) is 44.8 Å². The third-order valence-corrected chi connectivity index (χ3v) is 4.91. The molecule has 26 heavy (non-hydrogen) atoms. The maximum atomic E-state index is 13.9. The standard InChI is InChI=1S/C21H26FN3O/c1-17(18-7-3-2-4-8-18)23-12-11-21(26)25-15-13-24(14-16-25)20-10-6-5-9-19(20)22/h2-10,17,23H,11-16H2,1H3. The molecule has 2 aromatic rings. The second-order valence-corrected chi connectivity index (χ2v) is 6.66. The first-order valence-electron chi connectivity index (χ1n) is 9.21. The van der Waals surface area contributed by atoms with Crippen molar-refractivity contribution >= 4 is 11.6 Å². The number of para-hydroxylation sites is 1. The first-order chi connectivity index (χ1) is 12.6. The van der Waals surface area contributed by atoms with Crippen molar-refractivity contribution in [1.82, 2.24) is 10.2 Å². The maximum absolute atomic E-state index is 13.9. The summed E-state index contributed by atoms with van der Waals surface area (Å²) in [4.78, 5) is 16.3. The van der Waals surface area contributed by atoms with Crippen molar-refractivity contribution in [3.63, 3.8) is 0 Å². The average Bonchev–Trinajstić information content (AvgIpc) is 2.69. The van der Waals surface area contributed by atoms with Gasteiger partial charge in [-0.05, 0) is 24.6 Å². The lowest BCUT2D eigenvalue weighted by Crippen LogP contribution is -2.49. The third-order valence-electron chi connectivity index (χ3n) is 4.91. The van der Waals surface area contributed by atoms with Crippen molar-refractivity contribution < 1.29 is 9.18 Å². The number of anilines is 1. The molecule has 0 radical (unpaired) electrons. The lowest BCUT2D eigenvalue weighted by molar-refractivity contribution is -0.131. The van der Waals surface area contributed by atoms with E-state index in [-0.39, 0.29) is 17.8 Å². The monoisotopic (exact) mass is 355 g/mol. The van der Waals surface area contributed by atoms with Crippen LogP contribution >= 0.6 is 0 Å². The fourth-order valence-electron chi connectivity index (χ4n) is 3.32. The van der Waals surface area contributed by atoms with Gasteiger partial charge in [0.2, 0.25) is 5.91 Å². The molecule has 1 heterocycles. The molecule has 138 valence electrons. The fraction of sp³-hybridized carbons (Fsp3) is 0.381. The molecule has 1 aliphatic rings. The zero-order chi connectivity index (χ0) is 18.4. The van der Waals surface area contributed by atoms with Crippen LogP contribution in [0.1, 0.15) is 24.9 Å². The van der Waals surface area contributed by atoms with Gasteiger partial charge in [0.25, 0.3) is 0 Å². The summed E-state index contributed by atoms with van der Waals surface area (Å²) >= 11 is 0. The van der Waals surface area contributed by atoms with Crippen LogP contribution in [-0.2, 0) is 4.79 Å². The predicted molar refractivity (Wildman–Crippen MR) is 103 cm³/mol. The summed E-state index contributed by atoms with van der Waals surface area (Å²) in [6.45, 7) is 5.37. The van der Waals surface area contributed by atoms with E-state index in [9.17, 15) is 9.18 Å². The summed E-state index contributed by atoms with van der Waals surface area (Å²) in [6.07, 6.45) is 0.483. The van der Waals surface area contributed by atoms with Crippen molar-refractivity contribution in [3.05, 3.63) is 66.0 Å². The molecule has 1 saturated heterocycles. The first kappa shape index (κ1) is 18.4. The molecule has 3 rings (SSSR count). The molecule has 0 spiro atoms. The van der Waals surface area contributed by atoms with Crippen molar-refractivity contribution in [2.45, 2.75) is 19.4 Å². The Morgan fingerprint density at radius 2 is 1.69 bits per heavy atom. The highest BCUT2D eigenvalue weighted by Crippen LogP contribution is 2.20. The second-order valence-electron chi connectivity index (χ2n) is 6.66. The summed E-state index contributed by atoms with van der Waals surface area (Å²) in [6, 6.07) is 17.2. The Hall–Kier alpha value is -2.40. The van der Waals surface area contributed by atoms with E-state index >= 15 is 0 Å². The largest absolute Gasteiger partial charge is 0.366 e. The predicted octanol–water partition coefficient (Wildman–Crippen LogP) is 3.22. The number of rotatable bonds is 6. The quantitative estimate of drug-likeness (QED) is 0.864. The Balaban J connectivity index is 1.42. The lowest BCUT2D eigenvalue weighted by atomic mass is 10.1. The van der Waals surface area contributed by atoms with Crippen LogP contribution in [0.5, 0.6) is 0 Å². The first-order valence-corrected chi connectivity index (χ1v) is 9.21. The van der Waals surface area contributed by atoms with Gasteiger partial charge in [-0.15, -0.1) is 0 Å². The average molecular weight is 355 g/mol. The number of piperazine rings is 1. The van der Waals surface area contributed by atoms with E-state index in [1.54, 1.807) is 12.1 Å². The van der Waals surface area contributed by atoms with Crippen LogP contribution in [0.2, 0.25) is 0 Å². The molecular formula is C21H26FN3O. The zero-order valence-electron chi connectivity index (χ0n) is 15.2. The molecule has 1 aliphatic heterocycles. The number of nitrogens with zero attached hydrogens (tertiary/aromatic N) is 2. The third kappa shape index (κ3) is 4.61. The van der Waals surface area contributed by atoms with Crippen LogP contribution in [0.25, 0.3) is 0 Å². The topological polar surface area (TPSA) is 35.6 Å². The molecule has 0 bridgehead atoms. The summed E-state index contributed by atoms with van der Waals surface area (Å²) in [5.41, 5.74) is 1.84. The number of hydrogen-bond donors (Lipinski definition) is 1. The van der Waals surface area contributed by atoms with Gasteiger partial charge >= 0.3 is 0 Å². The van der Waals surface area contributed by atoms with E-state index in [1.165, 1.54) is 11.6 Å². The Kier molecular flexibility index (Phi) is 6.23. The van der Waals surface area contributed by atoms with Gasteiger partial charge < -0.3 is 15.1 Å². The number of amides is 1. The normalized spacial score (nSPS) is 15.8.